The van der Waals surface area contributed by atoms with E-state index in [0.717, 1.165) is 0 Å². The first-order chi connectivity index (χ1) is 4.20. The second-order valence-corrected chi connectivity index (χ2v) is 1.81. The summed E-state index contributed by atoms with van der Waals surface area (Å²) < 4.78 is 4.33. The van der Waals surface area contributed by atoms with Crippen LogP contribution in [0.2, 0.25) is 0 Å². The van der Waals surface area contributed by atoms with Crippen LogP contribution in [0.5, 0.6) is 0 Å². The van der Waals surface area contributed by atoms with Gasteiger partial charge in [-0.1, -0.05) is 0 Å². The highest BCUT2D eigenvalue weighted by atomic mass is 16.5. The molecule has 0 aromatic heterocycles. The van der Waals surface area contributed by atoms with Gasteiger partial charge in [-0.15, -0.1) is 0 Å². The van der Waals surface area contributed by atoms with Gasteiger partial charge in [0, 0.05) is 6.04 Å². The third-order valence-corrected chi connectivity index (χ3v) is 0.921. The standard InChI is InChI=1S/C5H11NO3/c1-4(6-8)3-5(7)9-2/h4,6,8H,3H2,1-2H3. The molecule has 0 bridgehead atoms. The summed E-state index contributed by atoms with van der Waals surface area (Å²) in [4.78, 5) is 10.4. The van der Waals surface area contributed by atoms with E-state index in [9.17, 15) is 4.79 Å². The van der Waals surface area contributed by atoms with E-state index in [-0.39, 0.29) is 18.4 Å². The number of rotatable bonds is 3. The number of hydroxylamine groups is 1. The van der Waals surface area contributed by atoms with Gasteiger partial charge in [0.05, 0.1) is 13.5 Å². The lowest BCUT2D eigenvalue weighted by Crippen LogP contribution is -2.25. The molecule has 0 aliphatic heterocycles. The Morgan fingerprint density at radius 3 is 2.78 bits per heavy atom. The molecule has 0 aromatic rings. The first-order valence-electron chi connectivity index (χ1n) is 2.67. The summed E-state index contributed by atoms with van der Waals surface area (Å²) in [6.45, 7) is 1.68. The van der Waals surface area contributed by atoms with Crippen molar-refractivity contribution >= 4 is 5.97 Å². The third-order valence-electron chi connectivity index (χ3n) is 0.921. The van der Waals surface area contributed by atoms with Gasteiger partial charge in [0.15, 0.2) is 0 Å². The average Bonchev–Trinajstić information content (AvgIpc) is 1.87. The van der Waals surface area contributed by atoms with Crippen molar-refractivity contribution in [3.05, 3.63) is 0 Å². The minimum Gasteiger partial charge on any atom is -0.469 e. The first-order valence-corrected chi connectivity index (χ1v) is 2.67. The van der Waals surface area contributed by atoms with Crippen molar-refractivity contribution in [2.75, 3.05) is 7.11 Å². The molecule has 0 rings (SSSR count). The highest BCUT2D eigenvalue weighted by Crippen LogP contribution is 1.89. The number of methoxy groups -OCH3 is 1. The van der Waals surface area contributed by atoms with E-state index in [1.54, 1.807) is 6.92 Å². The summed E-state index contributed by atoms with van der Waals surface area (Å²) in [6, 6.07) is -0.238. The second kappa shape index (κ2) is 4.29. The number of hydrogen-bond donors (Lipinski definition) is 2. The fraction of sp³-hybridized carbons (Fsp3) is 0.800. The molecule has 0 heterocycles. The van der Waals surface area contributed by atoms with Crippen molar-refractivity contribution < 1.29 is 14.7 Å². The Morgan fingerprint density at radius 2 is 2.44 bits per heavy atom. The molecule has 0 aliphatic rings. The van der Waals surface area contributed by atoms with Gasteiger partial charge in [0.1, 0.15) is 0 Å². The molecule has 1 unspecified atom stereocenters. The number of carbonyl (C=O) groups is 1. The smallest absolute Gasteiger partial charge is 0.307 e. The molecule has 2 N–H and O–H groups in total. The first kappa shape index (κ1) is 8.39. The molecule has 0 saturated carbocycles. The Morgan fingerprint density at radius 1 is 1.89 bits per heavy atom. The molecule has 0 radical (unpaired) electrons. The third kappa shape index (κ3) is 3.93. The zero-order valence-electron chi connectivity index (χ0n) is 5.55. The lowest BCUT2D eigenvalue weighted by Gasteiger charge is -2.05. The van der Waals surface area contributed by atoms with Crippen LogP contribution in [-0.2, 0) is 9.53 Å². The highest BCUT2D eigenvalue weighted by Gasteiger charge is 2.05. The zero-order chi connectivity index (χ0) is 7.28. The van der Waals surface area contributed by atoms with E-state index < -0.39 is 0 Å². The highest BCUT2D eigenvalue weighted by molar-refractivity contribution is 5.69. The van der Waals surface area contributed by atoms with Gasteiger partial charge in [0.2, 0.25) is 0 Å². The van der Waals surface area contributed by atoms with Crippen molar-refractivity contribution in [2.24, 2.45) is 0 Å². The van der Waals surface area contributed by atoms with Crippen LogP contribution in [0, 0.1) is 0 Å². The lowest BCUT2D eigenvalue weighted by molar-refractivity contribution is -0.141. The molecule has 0 aliphatic carbocycles. The minimum absolute atomic E-state index is 0.188. The van der Waals surface area contributed by atoms with Gasteiger partial charge in [-0.2, -0.15) is 0 Å². The summed E-state index contributed by atoms with van der Waals surface area (Å²) in [5.74, 6) is -0.330. The Balaban J connectivity index is 3.34. The average molecular weight is 133 g/mol. The summed E-state index contributed by atoms with van der Waals surface area (Å²) >= 11 is 0. The van der Waals surface area contributed by atoms with Crippen molar-refractivity contribution in [1.82, 2.24) is 5.48 Å². The Bertz CT molecular complexity index is 94.2. The van der Waals surface area contributed by atoms with Crippen LogP contribution in [0.25, 0.3) is 0 Å². The fourth-order valence-corrected chi connectivity index (χ4v) is 0.379. The van der Waals surface area contributed by atoms with E-state index in [0.29, 0.717) is 0 Å². The van der Waals surface area contributed by atoms with Crippen LogP contribution in [0.15, 0.2) is 0 Å². The Labute approximate surface area is 53.8 Å². The van der Waals surface area contributed by atoms with Crippen LogP contribution in [0.1, 0.15) is 13.3 Å². The van der Waals surface area contributed by atoms with Crippen LogP contribution in [0.4, 0.5) is 0 Å². The summed E-state index contributed by atoms with van der Waals surface area (Å²) in [7, 11) is 1.31. The van der Waals surface area contributed by atoms with Gasteiger partial charge in [-0.05, 0) is 6.92 Å². The molecule has 9 heavy (non-hydrogen) atoms. The van der Waals surface area contributed by atoms with Gasteiger partial charge in [-0.3, -0.25) is 4.79 Å². The zero-order valence-corrected chi connectivity index (χ0v) is 5.55. The predicted octanol–water partition coefficient (Wildman–Crippen LogP) is -0.0832. The number of carbonyl (C=O) groups excluding carboxylic acids is 1. The molecular formula is C5H11NO3. The molecule has 0 spiro atoms. The maximum Gasteiger partial charge on any atom is 0.307 e. The van der Waals surface area contributed by atoms with Crippen molar-refractivity contribution in [2.45, 2.75) is 19.4 Å². The normalized spacial score (nSPS) is 12.8. The van der Waals surface area contributed by atoms with Crippen molar-refractivity contribution in [3.8, 4) is 0 Å². The number of esters is 1. The van der Waals surface area contributed by atoms with Gasteiger partial charge in [0.25, 0.3) is 0 Å². The Hall–Kier alpha value is -0.610. The Kier molecular flexibility index (Phi) is 4.00. The number of ether oxygens (including phenoxy) is 1. The SMILES string of the molecule is COC(=O)CC(C)NO. The molecule has 0 aromatic carbocycles. The van der Waals surface area contributed by atoms with Crippen molar-refractivity contribution in [3.63, 3.8) is 0 Å². The quantitative estimate of drug-likeness (QED) is 0.417. The molecule has 4 nitrogen and oxygen atoms in total. The fourth-order valence-electron chi connectivity index (χ4n) is 0.379. The largest absolute Gasteiger partial charge is 0.469 e. The molecule has 0 amide bonds. The maximum atomic E-state index is 10.4. The van der Waals surface area contributed by atoms with Crippen LogP contribution in [-0.4, -0.2) is 24.3 Å². The van der Waals surface area contributed by atoms with E-state index in [4.69, 9.17) is 5.21 Å². The van der Waals surface area contributed by atoms with Gasteiger partial charge in [-0.25, -0.2) is 5.48 Å². The van der Waals surface area contributed by atoms with Crippen molar-refractivity contribution in [1.29, 1.82) is 0 Å². The predicted molar refractivity (Wildman–Crippen MR) is 31.0 cm³/mol. The van der Waals surface area contributed by atoms with E-state index in [1.807, 2.05) is 5.48 Å². The van der Waals surface area contributed by atoms with E-state index in [1.165, 1.54) is 7.11 Å². The number of nitrogens with one attached hydrogen (secondary N) is 1. The lowest BCUT2D eigenvalue weighted by atomic mass is 10.2. The second-order valence-electron chi connectivity index (χ2n) is 1.81. The maximum absolute atomic E-state index is 10.4. The summed E-state index contributed by atoms with van der Waals surface area (Å²) in [5.41, 5.74) is 1.93. The van der Waals surface area contributed by atoms with Crippen LogP contribution in [0.3, 0.4) is 0 Å². The van der Waals surface area contributed by atoms with E-state index in [2.05, 4.69) is 4.74 Å². The summed E-state index contributed by atoms with van der Waals surface area (Å²) in [5, 5.41) is 8.22. The van der Waals surface area contributed by atoms with Crippen LogP contribution >= 0.6 is 0 Å². The van der Waals surface area contributed by atoms with Gasteiger partial charge < -0.3 is 9.94 Å². The monoisotopic (exact) mass is 133 g/mol. The van der Waals surface area contributed by atoms with E-state index >= 15 is 0 Å². The molecule has 0 fully saturated rings. The molecule has 1 atom stereocenters. The molecule has 4 heteroatoms. The van der Waals surface area contributed by atoms with Crippen LogP contribution < -0.4 is 5.48 Å². The molecule has 0 saturated heterocycles. The topological polar surface area (TPSA) is 58.6 Å². The summed E-state index contributed by atoms with van der Waals surface area (Å²) in [6.07, 6.45) is 0.188. The van der Waals surface area contributed by atoms with Gasteiger partial charge >= 0.3 is 5.97 Å². The number of hydrogen-bond acceptors (Lipinski definition) is 4. The minimum atomic E-state index is -0.330. The molecular weight excluding hydrogens is 122 g/mol. The molecule has 54 valence electrons.